The maximum absolute atomic E-state index is 11.1. The van der Waals surface area contributed by atoms with Gasteiger partial charge in [-0.05, 0) is 91.8 Å². The molecule has 4 aliphatic carbocycles. The number of aliphatic hydroxyl groups excluding tert-OH is 5. The summed E-state index contributed by atoms with van der Waals surface area (Å²) >= 11 is 0. The molecule has 6 N–H and O–H groups in total. The van der Waals surface area contributed by atoms with Gasteiger partial charge in [0.2, 0.25) is 0 Å². The fourth-order valence-electron chi connectivity index (χ4n) is 12.3. The van der Waals surface area contributed by atoms with E-state index in [9.17, 15) is 30.6 Å². The van der Waals surface area contributed by atoms with Crippen molar-refractivity contribution in [2.24, 2.45) is 46.3 Å². The molecule has 4 saturated heterocycles. The van der Waals surface area contributed by atoms with E-state index in [2.05, 4.69) is 33.8 Å². The predicted molar refractivity (Wildman–Crippen MR) is 177 cm³/mol. The van der Waals surface area contributed by atoms with Crippen LogP contribution in [0.25, 0.3) is 0 Å². The molecule has 0 unspecified atom stereocenters. The van der Waals surface area contributed by atoms with Crippen molar-refractivity contribution in [1.82, 2.24) is 0 Å². The van der Waals surface area contributed by atoms with Gasteiger partial charge in [-0.1, -0.05) is 39.3 Å². The number of hydrogen-bond acceptors (Lipinski definition) is 12. The molecule has 8 rings (SSSR count). The predicted octanol–water partition coefficient (Wildman–Crippen LogP) is 2.00. The summed E-state index contributed by atoms with van der Waals surface area (Å²) in [7, 11) is 0. The van der Waals surface area contributed by atoms with E-state index in [1.165, 1.54) is 24.8 Å². The second-order valence-electron chi connectivity index (χ2n) is 18.0. The van der Waals surface area contributed by atoms with Gasteiger partial charge in [-0.15, -0.1) is 0 Å². The van der Waals surface area contributed by atoms with Crippen molar-refractivity contribution < 1.29 is 59.1 Å². The second-order valence-corrected chi connectivity index (χ2v) is 18.0. The molecule has 1 spiro atoms. The third kappa shape index (κ3) is 5.45. The third-order valence-electron chi connectivity index (χ3n) is 15.3. The Bertz CT molecular complexity index is 1290. The van der Waals surface area contributed by atoms with Gasteiger partial charge in [-0.3, -0.25) is 0 Å². The lowest BCUT2D eigenvalue weighted by Gasteiger charge is -2.58. The molecule has 0 bridgehead atoms. The highest BCUT2D eigenvalue weighted by Crippen LogP contribution is 2.70. The van der Waals surface area contributed by atoms with Crippen LogP contribution in [-0.2, 0) is 28.4 Å². The lowest BCUT2D eigenvalue weighted by Crippen LogP contribution is -2.62. The number of rotatable bonds is 6. The number of fused-ring (bicyclic) bond motifs is 7. The average molecular weight is 709 g/mol. The summed E-state index contributed by atoms with van der Waals surface area (Å²) in [5.74, 6) is 3.00. The van der Waals surface area contributed by atoms with Crippen LogP contribution in [0.1, 0.15) is 85.5 Å². The molecule has 4 aliphatic heterocycles. The molecule has 12 heteroatoms. The van der Waals surface area contributed by atoms with Crippen LogP contribution in [0.3, 0.4) is 0 Å². The highest BCUT2D eigenvalue weighted by atomic mass is 16.7. The van der Waals surface area contributed by atoms with Gasteiger partial charge in [-0.25, -0.2) is 0 Å². The zero-order valence-electron chi connectivity index (χ0n) is 30.1. The molecule has 12 nitrogen and oxygen atoms in total. The average Bonchev–Trinajstić information content (AvgIpc) is 3.67. The van der Waals surface area contributed by atoms with E-state index < -0.39 is 67.7 Å². The molecular weight excluding hydrogens is 648 g/mol. The highest BCUT2D eigenvalue weighted by Gasteiger charge is 2.68. The normalized spacial score (nSPS) is 57.6. The van der Waals surface area contributed by atoms with E-state index in [0.29, 0.717) is 35.5 Å². The molecule has 50 heavy (non-hydrogen) atoms. The summed E-state index contributed by atoms with van der Waals surface area (Å²) in [5.41, 5.74) is -0.167. The number of ether oxygens (including phenoxy) is 6. The van der Waals surface area contributed by atoms with Crippen LogP contribution in [0, 0.1) is 46.3 Å². The SMILES string of the molecule is C[C@@H]1CC[C@@]2(OC1)O[C@H]1C[C@H]3[C@@H]4CC=C5C[C@@H](O[C@@H]6O[C@H](CO)[C@@H](O[C@@H]7OC[C@](O)(CO)[C@H]7O)[C@H](O)[C@H]6O)CC[C@]5(C)[C@H]4CC[C@]3(C)[C@H]1[C@@H]2C. The molecule has 4 heterocycles. The topological polar surface area (TPSA) is 177 Å². The van der Waals surface area contributed by atoms with Crippen LogP contribution in [0.15, 0.2) is 11.6 Å². The Kier molecular flexibility index (Phi) is 9.38. The molecule has 0 aromatic carbocycles. The molecule has 0 amide bonds. The van der Waals surface area contributed by atoms with Crippen LogP contribution in [0.5, 0.6) is 0 Å². The molecule has 8 aliphatic rings. The summed E-state index contributed by atoms with van der Waals surface area (Å²) in [4.78, 5) is 0. The van der Waals surface area contributed by atoms with Gasteiger partial charge in [0.25, 0.3) is 0 Å². The van der Waals surface area contributed by atoms with E-state index in [-0.39, 0.29) is 29.6 Å². The maximum Gasteiger partial charge on any atom is 0.187 e. The van der Waals surface area contributed by atoms with Crippen LogP contribution < -0.4 is 0 Å². The fraction of sp³-hybridized carbons (Fsp3) is 0.947. The second kappa shape index (κ2) is 12.9. The zero-order valence-corrected chi connectivity index (χ0v) is 30.1. The lowest BCUT2D eigenvalue weighted by atomic mass is 9.47. The van der Waals surface area contributed by atoms with E-state index in [1.54, 1.807) is 0 Å². The van der Waals surface area contributed by atoms with Crippen molar-refractivity contribution >= 4 is 0 Å². The molecule has 0 aromatic heterocycles. The number of allylic oxidation sites excluding steroid dienone is 1. The van der Waals surface area contributed by atoms with E-state index in [1.807, 2.05) is 0 Å². The van der Waals surface area contributed by atoms with E-state index in [0.717, 1.165) is 45.1 Å². The Hall–Kier alpha value is -0.740. The summed E-state index contributed by atoms with van der Waals surface area (Å²) in [6, 6.07) is 0. The molecule has 7 fully saturated rings. The monoisotopic (exact) mass is 708 g/mol. The van der Waals surface area contributed by atoms with Gasteiger partial charge in [0.1, 0.15) is 36.1 Å². The minimum Gasteiger partial charge on any atom is -0.394 e. The van der Waals surface area contributed by atoms with Crippen molar-refractivity contribution in [3.63, 3.8) is 0 Å². The van der Waals surface area contributed by atoms with Gasteiger partial charge in [-0.2, -0.15) is 0 Å². The largest absolute Gasteiger partial charge is 0.394 e. The van der Waals surface area contributed by atoms with Gasteiger partial charge in [0.15, 0.2) is 18.4 Å². The van der Waals surface area contributed by atoms with E-state index >= 15 is 0 Å². The molecule has 3 saturated carbocycles. The van der Waals surface area contributed by atoms with Crippen molar-refractivity contribution in [3.05, 3.63) is 11.6 Å². The van der Waals surface area contributed by atoms with Gasteiger partial charge >= 0.3 is 0 Å². The molecule has 0 aromatic rings. The van der Waals surface area contributed by atoms with E-state index in [4.69, 9.17) is 28.4 Å². The number of aliphatic hydroxyl groups is 6. The Morgan fingerprint density at radius 3 is 2.44 bits per heavy atom. The van der Waals surface area contributed by atoms with Crippen LogP contribution in [-0.4, -0.2) is 124 Å². The minimum absolute atomic E-state index is 0.0782. The van der Waals surface area contributed by atoms with Crippen LogP contribution in [0.4, 0.5) is 0 Å². The van der Waals surface area contributed by atoms with Crippen molar-refractivity contribution in [2.75, 3.05) is 26.4 Å². The van der Waals surface area contributed by atoms with Gasteiger partial charge in [0.05, 0.1) is 38.6 Å². The fourth-order valence-corrected chi connectivity index (χ4v) is 12.3. The lowest BCUT2D eigenvalue weighted by molar-refractivity contribution is -0.336. The van der Waals surface area contributed by atoms with Crippen LogP contribution in [0.2, 0.25) is 0 Å². The Balaban J connectivity index is 0.916. The molecule has 0 radical (unpaired) electrons. The number of hydrogen-bond donors (Lipinski definition) is 6. The van der Waals surface area contributed by atoms with Gasteiger partial charge in [0, 0.05) is 12.3 Å². The third-order valence-corrected chi connectivity index (χ3v) is 15.3. The Morgan fingerprint density at radius 2 is 1.74 bits per heavy atom. The summed E-state index contributed by atoms with van der Waals surface area (Å²) in [6.07, 6.45) is 2.26. The Labute approximate surface area is 295 Å². The van der Waals surface area contributed by atoms with Crippen molar-refractivity contribution in [2.45, 2.75) is 152 Å². The molecule has 284 valence electrons. The first kappa shape index (κ1) is 36.2. The highest BCUT2D eigenvalue weighted by molar-refractivity contribution is 5.26. The van der Waals surface area contributed by atoms with Crippen LogP contribution >= 0.6 is 0 Å². The minimum atomic E-state index is -1.92. The standard InChI is InChI=1S/C38H60O12/c1-19-7-12-38(46-16-19)20(2)28-26(50-38)14-25-23-6-5-21-13-22(8-10-35(21,3)24(23)9-11-36(25,28)4)47-33-30(42)29(41)31(27(15-39)48-33)49-34-32(43)37(44,17-40)18-45-34/h5,19-20,22-34,39-44H,6-18H2,1-4H3/t19-,20+,22+,23-,24+,25+,26+,27-,28+,29-,30-,31-,32+,33-,34+,35+,36+,37-,38-/m1/s1. The first-order valence-electron chi connectivity index (χ1n) is 19.3. The zero-order chi connectivity index (χ0) is 35.4. The van der Waals surface area contributed by atoms with Crippen molar-refractivity contribution in [3.8, 4) is 0 Å². The first-order chi connectivity index (χ1) is 23.8. The summed E-state index contributed by atoms with van der Waals surface area (Å²) in [6.45, 7) is 8.82. The maximum atomic E-state index is 11.1. The molecule has 19 atom stereocenters. The summed E-state index contributed by atoms with van der Waals surface area (Å²) in [5, 5.41) is 62.5. The van der Waals surface area contributed by atoms with Gasteiger partial charge < -0.3 is 59.1 Å². The summed E-state index contributed by atoms with van der Waals surface area (Å²) < 4.78 is 36.8. The first-order valence-corrected chi connectivity index (χ1v) is 19.3. The van der Waals surface area contributed by atoms with Crippen molar-refractivity contribution in [1.29, 1.82) is 0 Å². The Morgan fingerprint density at radius 1 is 0.940 bits per heavy atom. The molecular formula is C38H60O12. The smallest absolute Gasteiger partial charge is 0.187 e. The quantitative estimate of drug-likeness (QED) is 0.222.